The zero-order chi connectivity index (χ0) is 13.7. The molecule has 0 aliphatic carbocycles. The molecule has 100 valence electrons. The zero-order valence-corrected chi connectivity index (χ0v) is 11.7. The molecular formula is C14H16ClN3O. The van der Waals surface area contributed by atoms with Crippen LogP contribution in [0.2, 0.25) is 5.15 Å². The number of anilines is 1. The van der Waals surface area contributed by atoms with Crippen molar-refractivity contribution in [1.82, 2.24) is 9.97 Å². The number of methoxy groups -OCH3 is 1. The van der Waals surface area contributed by atoms with Crippen LogP contribution in [0.1, 0.15) is 17.0 Å². The maximum atomic E-state index is 6.25. The van der Waals surface area contributed by atoms with Gasteiger partial charge in [-0.25, -0.2) is 9.97 Å². The van der Waals surface area contributed by atoms with E-state index >= 15 is 0 Å². The lowest BCUT2D eigenvalue weighted by atomic mass is 10.1. The molecule has 19 heavy (non-hydrogen) atoms. The minimum atomic E-state index is 0.347. The van der Waals surface area contributed by atoms with E-state index in [1.54, 1.807) is 7.11 Å². The minimum absolute atomic E-state index is 0.347. The van der Waals surface area contributed by atoms with Gasteiger partial charge in [0.25, 0.3) is 0 Å². The number of nitrogens with one attached hydrogen (secondary N) is 1. The molecule has 2 aromatic rings. The maximum Gasteiger partial charge on any atom is 0.158 e. The third-order valence-electron chi connectivity index (χ3n) is 2.74. The fourth-order valence-electron chi connectivity index (χ4n) is 1.86. The van der Waals surface area contributed by atoms with Gasteiger partial charge in [-0.15, -0.1) is 0 Å². The van der Waals surface area contributed by atoms with Crippen molar-refractivity contribution in [1.29, 1.82) is 0 Å². The molecular weight excluding hydrogens is 262 g/mol. The molecule has 1 aromatic carbocycles. The topological polar surface area (TPSA) is 47.0 Å². The summed E-state index contributed by atoms with van der Waals surface area (Å²) in [5.74, 6) is 1.32. The first-order chi connectivity index (χ1) is 9.24. The molecule has 1 N–H and O–H groups in total. The fourth-order valence-corrected chi connectivity index (χ4v) is 2.11. The van der Waals surface area contributed by atoms with Gasteiger partial charge in [0.15, 0.2) is 5.82 Å². The monoisotopic (exact) mass is 277 g/mol. The first-order valence-electron chi connectivity index (χ1n) is 6.00. The van der Waals surface area contributed by atoms with Crippen molar-refractivity contribution in [2.24, 2.45) is 0 Å². The Labute approximate surface area is 117 Å². The van der Waals surface area contributed by atoms with Gasteiger partial charge in [-0.05, 0) is 5.56 Å². The van der Waals surface area contributed by atoms with Gasteiger partial charge in [0.1, 0.15) is 17.6 Å². The molecule has 0 fully saturated rings. The largest absolute Gasteiger partial charge is 0.377 e. The lowest BCUT2D eigenvalue weighted by molar-refractivity contribution is 0.178. The van der Waals surface area contributed by atoms with Gasteiger partial charge in [-0.1, -0.05) is 41.9 Å². The quantitative estimate of drug-likeness (QED) is 0.854. The maximum absolute atomic E-state index is 6.25. The SMILES string of the molecule is CNc1nc(COC)nc(Cl)c1Cc1ccccc1. The van der Waals surface area contributed by atoms with E-state index in [9.17, 15) is 0 Å². The Bertz CT molecular complexity index is 546. The van der Waals surface area contributed by atoms with Crippen molar-refractivity contribution in [3.63, 3.8) is 0 Å². The van der Waals surface area contributed by atoms with Gasteiger partial charge in [0.05, 0.1) is 0 Å². The summed E-state index contributed by atoms with van der Waals surface area (Å²) in [5, 5.41) is 3.53. The molecule has 0 saturated heterocycles. The Morgan fingerprint density at radius 3 is 2.58 bits per heavy atom. The standard InChI is InChI=1S/C14H16ClN3O/c1-16-14-11(8-10-6-4-3-5-7-10)13(15)17-12(18-14)9-19-2/h3-7H,8-9H2,1-2H3,(H,16,17,18). The number of hydrogen-bond acceptors (Lipinski definition) is 4. The summed E-state index contributed by atoms with van der Waals surface area (Å²) in [6.45, 7) is 0.347. The molecule has 1 heterocycles. The molecule has 4 nitrogen and oxygen atoms in total. The summed E-state index contributed by atoms with van der Waals surface area (Å²) in [4.78, 5) is 8.66. The van der Waals surface area contributed by atoms with Crippen LogP contribution in [-0.4, -0.2) is 24.1 Å². The number of halogens is 1. The summed E-state index contributed by atoms with van der Waals surface area (Å²) in [6, 6.07) is 10.1. The van der Waals surface area contributed by atoms with E-state index in [-0.39, 0.29) is 0 Å². The number of ether oxygens (including phenoxy) is 1. The van der Waals surface area contributed by atoms with E-state index in [1.807, 2.05) is 25.2 Å². The van der Waals surface area contributed by atoms with Gasteiger partial charge in [0.2, 0.25) is 0 Å². The number of benzene rings is 1. The van der Waals surface area contributed by atoms with Crippen LogP contribution in [0.5, 0.6) is 0 Å². The van der Waals surface area contributed by atoms with Crippen LogP contribution in [0.3, 0.4) is 0 Å². The molecule has 0 bridgehead atoms. The third kappa shape index (κ3) is 3.43. The van der Waals surface area contributed by atoms with Crippen molar-refractivity contribution in [3.8, 4) is 0 Å². The summed E-state index contributed by atoms with van der Waals surface area (Å²) >= 11 is 6.25. The van der Waals surface area contributed by atoms with Crippen LogP contribution in [-0.2, 0) is 17.8 Å². The highest BCUT2D eigenvalue weighted by atomic mass is 35.5. The molecule has 0 radical (unpaired) electrons. The van der Waals surface area contributed by atoms with Gasteiger partial charge in [0, 0.05) is 26.1 Å². The number of aromatic nitrogens is 2. The smallest absolute Gasteiger partial charge is 0.158 e. The predicted molar refractivity (Wildman–Crippen MR) is 76.5 cm³/mol. The van der Waals surface area contributed by atoms with Gasteiger partial charge in [-0.3, -0.25) is 0 Å². The second-order valence-corrected chi connectivity index (χ2v) is 4.46. The van der Waals surface area contributed by atoms with Crippen molar-refractivity contribution in [3.05, 3.63) is 52.4 Å². The Balaban J connectivity index is 2.34. The Hall–Kier alpha value is -1.65. The average molecular weight is 278 g/mol. The molecule has 2 rings (SSSR count). The van der Waals surface area contributed by atoms with Crippen molar-refractivity contribution >= 4 is 17.4 Å². The molecule has 0 saturated carbocycles. The fraction of sp³-hybridized carbons (Fsp3) is 0.286. The Morgan fingerprint density at radius 2 is 1.95 bits per heavy atom. The van der Waals surface area contributed by atoms with Gasteiger partial charge in [-0.2, -0.15) is 0 Å². The van der Waals surface area contributed by atoms with Gasteiger partial charge >= 0.3 is 0 Å². The highest BCUT2D eigenvalue weighted by molar-refractivity contribution is 6.30. The van der Waals surface area contributed by atoms with E-state index in [1.165, 1.54) is 5.56 Å². The van der Waals surface area contributed by atoms with Crippen LogP contribution >= 0.6 is 11.6 Å². The molecule has 0 spiro atoms. The van der Waals surface area contributed by atoms with E-state index in [0.29, 0.717) is 24.0 Å². The molecule has 0 unspecified atom stereocenters. The lowest BCUT2D eigenvalue weighted by Crippen LogP contribution is -2.07. The van der Waals surface area contributed by atoms with Crippen molar-refractivity contribution in [2.75, 3.05) is 19.5 Å². The lowest BCUT2D eigenvalue weighted by Gasteiger charge is -2.11. The minimum Gasteiger partial charge on any atom is -0.377 e. The summed E-state index contributed by atoms with van der Waals surface area (Å²) in [6.07, 6.45) is 0.698. The molecule has 0 aliphatic heterocycles. The highest BCUT2D eigenvalue weighted by Crippen LogP contribution is 2.24. The number of nitrogens with zero attached hydrogens (tertiary/aromatic N) is 2. The van der Waals surface area contributed by atoms with Crippen LogP contribution in [0.15, 0.2) is 30.3 Å². The summed E-state index contributed by atoms with van der Waals surface area (Å²) < 4.78 is 5.03. The highest BCUT2D eigenvalue weighted by Gasteiger charge is 2.12. The van der Waals surface area contributed by atoms with Crippen molar-refractivity contribution < 1.29 is 4.74 Å². The van der Waals surface area contributed by atoms with Crippen LogP contribution in [0.25, 0.3) is 0 Å². The van der Waals surface area contributed by atoms with Crippen LogP contribution < -0.4 is 5.32 Å². The molecule has 1 aromatic heterocycles. The Morgan fingerprint density at radius 1 is 1.21 bits per heavy atom. The summed E-state index contributed by atoms with van der Waals surface area (Å²) in [5.41, 5.74) is 2.07. The number of hydrogen-bond donors (Lipinski definition) is 1. The predicted octanol–water partition coefficient (Wildman–Crippen LogP) is 2.91. The zero-order valence-electron chi connectivity index (χ0n) is 11.0. The van der Waals surface area contributed by atoms with Gasteiger partial charge < -0.3 is 10.1 Å². The normalized spacial score (nSPS) is 10.5. The van der Waals surface area contributed by atoms with E-state index in [2.05, 4.69) is 27.4 Å². The van der Waals surface area contributed by atoms with E-state index in [4.69, 9.17) is 16.3 Å². The van der Waals surface area contributed by atoms with Crippen LogP contribution in [0.4, 0.5) is 5.82 Å². The first-order valence-corrected chi connectivity index (χ1v) is 6.38. The average Bonchev–Trinajstić information content (AvgIpc) is 2.43. The molecule has 5 heteroatoms. The van der Waals surface area contributed by atoms with E-state index < -0.39 is 0 Å². The first kappa shape index (κ1) is 13.8. The molecule has 0 aliphatic rings. The molecule has 0 atom stereocenters. The summed E-state index contributed by atoms with van der Waals surface area (Å²) in [7, 11) is 3.43. The third-order valence-corrected chi connectivity index (χ3v) is 3.05. The van der Waals surface area contributed by atoms with E-state index in [0.717, 1.165) is 11.4 Å². The van der Waals surface area contributed by atoms with Crippen molar-refractivity contribution in [2.45, 2.75) is 13.0 Å². The second-order valence-electron chi connectivity index (χ2n) is 4.10. The number of rotatable bonds is 5. The Kier molecular flexibility index (Phi) is 4.71. The second kappa shape index (κ2) is 6.50. The molecule has 0 amide bonds. The van der Waals surface area contributed by atoms with Crippen LogP contribution in [0, 0.1) is 0 Å².